The van der Waals surface area contributed by atoms with Crippen LogP contribution in [0.4, 0.5) is 4.39 Å². The van der Waals surface area contributed by atoms with E-state index in [0.717, 1.165) is 35.2 Å². The average molecular weight is 511 g/mol. The fourth-order valence-electron chi connectivity index (χ4n) is 5.18. The topological polar surface area (TPSA) is 88.9 Å². The molecule has 6 rings (SSSR count). The molecule has 0 radical (unpaired) electrons. The molecule has 38 heavy (non-hydrogen) atoms. The van der Waals surface area contributed by atoms with Gasteiger partial charge >= 0.3 is 0 Å². The lowest BCUT2D eigenvalue weighted by Crippen LogP contribution is -2.38. The van der Waals surface area contributed by atoms with Crippen molar-refractivity contribution in [3.63, 3.8) is 0 Å². The monoisotopic (exact) mass is 510 g/mol. The van der Waals surface area contributed by atoms with Gasteiger partial charge in [0, 0.05) is 29.6 Å². The lowest BCUT2D eigenvalue weighted by Gasteiger charge is -2.34. The predicted octanol–water partition coefficient (Wildman–Crippen LogP) is 4.25. The lowest BCUT2D eigenvalue weighted by molar-refractivity contribution is 0.194. The minimum Gasteiger partial charge on any atom is -0.494 e. The molecule has 0 fully saturated rings. The Kier molecular flexibility index (Phi) is 6.43. The number of H-pyrrole nitrogens is 1. The maximum atomic E-state index is 13.5. The Morgan fingerprint density at radius 3 is 2.68 bits per heavy atom. The van der Waals surface area contributed by atoms with Crippen LogP contribution in [-0.4, -0.2) is 43.2 Å². The molecule has 1 aliphatic heterocycles. The zero-order valence-corrected chi connectivity index (χ0v) is 21.0. The third kappa shape index (κ3) is 4.68. The molecular formula is C29H27FN6O2. The summed E-state index contributed by atoms with van der Waals surface area (Å²) in [6.07, 6.45) is 0.853. The van der Waals surface area contributed by atoms with Gasteiger partial charge in [0.25, 0.3) is 5.56 Å². The normalized spacial score (nSPS) is 14.4. The van der Waals surface area contributed by atoms with Gasteiger partial charge in [0.05, 0.1) is 13.2 Å². The van der Waals surface area contributed by atoms with Crippen molar-refractivity contribution in [2.75, 3.05) is 13.2 Å². The van der Waals surface area contributed by atoms with Crippen molar-refractivity contribution >= 4 is 10.9 Å². The van der Waals surface area contributed by atoms with E-state index in [4.69, 9.17) is 4.74 Å². The van der Waals surface area contributed by atoms with Crippen LogP contribution in [0.1, 0.15) is 41.0 Å². The van der Waals surface area contributed by atoms with E-state index >= 15 is 0 Å². The largest absolute Gasteiger partial charge is 0.494 e. The number of ether oxygens (including phenoxy) is 1. The van der Waals surface area contributed by atoms with E-state index < -0.39 is 6.04 Å². The molecule has 9 heteroatoms. The zero-order chi connectivity index (χ0) is 26.1. The van der Waals surface area contributed by atoms with Gasteiger partial charge < -0.3 is 9.72 Å². The quantitative estimate of drug-likeness (QED) is 0.352. The molecule has 8 nitrogen and oxygen atoms in total. The molecule has 0 unspecified atom stereocenters. The van der Waals surface area contributed by atoms with E-state index in [-0.39, 0.29) is 11.4 Å². The van der Waals surface area contributed by atoms with Crippen molar-refractivity contribution in [3.05, 3.63) is 117 Å². The highest BCUT2D eigenvalue weighted by molar-refractivity contribution is 5.80. The van der Waals surface area contributed by atoms with Crippen molar-refractivity contribution in [1.82, 2.24) is 30.1 Å². The number of hydrogen-bond donors (Lipinski definition) is 1. The maximum absolute atomic E-state index is 13.5. The summed E-state index contributed by atoms with van der Waals surface area (Å²) in [4.78, 5) is 18.8. The molecule has 0 amide bonds. The number of benzene rings is 3. The van der Waals surface area contributed by atoms with Crippen molar-refractivity contribution in [2.24, 2.45) is 0 Å². The van der Waals surface area contributed by atoms with Crippen LogP contribution in [0.5, 0.6) is 5.75 Å². The Balaban J connectivity index is 1.47. The van der Waals surface area contributed by atoms with Crippen LogP contribution in [0.3, 0.4) is 0 Å². The fraction of sp³-hybridized carbons (Fsp3) is 0.241. The maximum Gasteiger partial charge on any atom is 0.253 e. The fourth-order valence-corrected chi connectivity index (χ4v) is 5.18. The highest BCUT2D eigenvalue weighted by atomic mass is 19.1. The second-order valence-corrected chi connectivity index (χ2v) is 9.45. The Bertz CT molecular complexity index is 1650. The van der Waals surface area contributed by atoms with Gasteiger partial charge in [-0.2, -0.15) is 0 Å². The molecule has 192 valence electrons. The summed E-state index contributed by atoms with van der Waals surface area (Å²) in [6.45, 7) is 4.23. The highest BCUT2D eigenvalue weighted by Crippen LogP contribution is 2.32. The van der Waals surface area contributed by atoms with Gasteiger partial charge in [-0.05, 0) is 76.9 Å². The molecule has 0 saturated carbocycles. The number of pyridine rings is 1. The standard InChI is InChI=1S/C29H27FN6O2/c1-2-38-24-11-12-26-22(15-24)16-25(29(37)31-26)27(35-14-13-20-5-3-4-6-21(20)18-35)28-32-33-34-36(28)17-19-7-9-23(30)10-8-19/h3-12,15-16,27H,2,13-14,17-18H2,1H3,(H,31,37)/t27-/m1/s1. The lowest BCUT2D eigenvalue weighted by atomic mass is 9.96. The molecular weight excluding hydrogens is 483 g/mol. The Morgan fingerprint density at radius 2 is 1.87 bits per heavy atom. The number of nitrogens with zero attached hydrogens (tertiary/aromatic N) is 5. The van der Waals surface area contributed by atoms with Gasteiger partial charge in [0.15, 0.2) is 5.82 Å². The van der Waals surface area contributed by atoms with E-state index in [1.54, 1.807) is 16.8 Å². The second kappa shape index (κ2) is 10.2. The first kappa shape index (κ1) is 24.0. The number of aromatic nitrogens is 5. The van der Waals surface area contributed by atoms with Gasteiger partial charge in [-0.15, -0.1) is 5.10 Å². The molecule has 1 aliphatic rings. The molecule has 5 aromatic rings. The van der Waals surface area contributed by atoms with E-state index in [0.29, 0.717) is 31.1 Å². The minimum atomic E-state index is -0.497. The van der Waals surface area contributed by atoms with Crippen LogP contribution in [0.2, 0.25) is 0 Å². The highest BCUT2D eigenvalue weighted by Gasteiger charge is 2.32. The first-order chi connectivity index (χ1) is 18.6. The molecule has 0 aliphatic carbocycles. The number of halogens is 1. The third-order valence-corrected chi connectivity index (χ3v) is 7.03. The van der Waals surface area contributed by atoms with Crippen LogP contribution in [0, 0.1) is 5.82 Å². The predicted molar refractivity (Wildman–Crippen MR) is 141 cm³/mol. The summed E-state index contributed by atoms with van der Waals surface area (Å²) < 4.78 is 20.9. The van der Waals surface area contributed by atoms with Gasteiger partial charge in [-0.1, -0.05) is 36.4 Å². The molecule has 0 spiro atoms. The van der Waals surface area contributed by atoms with E-state index in [2.05, 4.69) is 43.6 Å². The second-order valence-electron chi connectivity index (χ2n) is 9.45. The third-order valence-electron chi connectivity index (χ3n) is 7.03. The SMILES string of the molecule is CCOc1ccc2[nH]c(=O)c([C@H](c3nnnn3Cc3ccc(F)cc3)N3CCc4ccccc4C3)cc2c1. The van der Waals surface area contributed by atoms with Crippen LogP contribution in [0.25, 0.3) is 10.9 Å². The van der Waals surface area contributed by atoms with Crippen molar-refractivity contribution in [2.45, 2.75) is 32.5 Å². The average Bonchev–Trinajstić information content (AvgIpc) is 3.38. The van der Waals surface area contributed by atoms with Crippen LogP contribution in [0.15, 0.2) is 77.6 Å². The van der Waals surface area contributed by atoms with Crippen molar-refractivity contribution in [3.8, 4) is 5.75 Å². The Hall–Kier alpha value is -4.37. The number of rotatable bonds is 7. The molecule has 2 aromatic heterocycles. The number of nitrogens with one attached hydrogen (secondary N) is 1. The molecule has 3 heterocycles. The van der Waals surface area contributed by atoms with Gasteiger partial charge in [-0.25, -0.2) is 9.07 Å². The van der Waals surface area contributed by atoms with Gasteiger partial charge in [0.2, 0.25) is 0 Å². The summed E-state index contributed by atoms with van der Waals surface area (Å²) in [5.74, 6) is 0.992. The molecule has 1 N–H and O–H groups in total. The molecule has 1 atom stereocenters. The summed E-state index contributed by atoms with van der Waals surface area (Å²) in [7, 11) is 0. The first-order valence-electron chi connectivity index (χ1n) is 12.7. The van der Waals surface area contributed by atoms with Gasteiger partial charge in [0.1, 0.15) is 17.6 Å². The van der Waals surface area contributed by atoms with E-state index in [1.807, 2.05) is 37.3 Å². The van der Waals surface area contributed by atoms with Gasteiger partial charge in [-0.3, -0.25) is 9.69 Å². The van der Waals surface area contributed by atoms with E-state index in [9.17, 15) is 9.18 Å². The van der Waals surface area contributed by atoms with Crippen molar-refractivity contribution in [1.29, 1.82) is 0 Å². The first-order valence-corrected chi connectivity index (χ1v) is 12.7. The number of hydrogen-bond acceptors (Lipinski definition) is 6. The Morgan fingerprint density at radius 1 is 1.05 bits per heavy atom. The smallest absolute Gasteiger partial charge is 0.253 e. The number of tetrazole rings is 1. The van der Waals surface area contributed by atoms with Crippen LogP contribution < -0.4 is 10.3 Å². The summed E-state index contributed by atoms with van der Waals surface area (Å²) >= 11 is 0. The zero-order valence-electron chi connectivity index (χ0n) is 21.0. The van der Waals surface area contributed by atoms with E-state index in [1.165, 1.54) is 23.3 Å². The van der Waals surface area contributed by atoms with Crippen LogP contribution in [-0.2, 0) is 19.5 Å². The number of aromatic amines is 1. The molecule has 0 bridgehead atoms. The molecule has 3 aromatic carbocycles. The summed E-state index contributed by atoms with van der Waals surface area (Å²) in [5, 5.41) is 13.5. The Labute approximate surface area is 218 Å². The summed E-state index contributed by atoms with van der Waals surface area (Å²) in [5.41, 5.74) is 4.48. The summed E-state index contributed by atoms with van der Waals surface area (Å²) in [6, 6.07) is 21.7. The van der Waals surface area contributed by atoms with Crippen LogP contribution >= 0.6 is 0 Å². The molecule has 0 saturated heterocycles. The van der Waals surface area contributed by atoms with Crippen molar-refractivity contribution < 1.29 is 9.13 Å². The number of fused-ring (bicyclic) bond motifs is 2. The minimum absolute atomic E-state index is 0.193.